The lowest BCUT2D eigenvalue weighted by Gasteiger charge is -2.30. The smallest absolute Gasteiger partial charge is 0.240 e. The van der Waals surface area contributed by atoms with E-state index < -0.39 is 0 Å². The monoisotopic (exact) mass is 303 g/mol. The van der Waals surface area contributed by atoms with Crippen molar-refractivity contribution in [2.24, 2.45) is 17.6 Å². The van der Waals surface area contributed by atoms with Gasteiger partial charge in [-0.15, -0.1) is 12.4 Å². The second-order valence-electron chi connectivity index (χ2n) is 5.94. The number of halogens is 1. The van der Waals surface area contributed by atoms with Gasteiger partial charge in [-0.2, -0.15) is 0 Å². The van der Waals surface area contributed by atoms with Crippen molar-refractivity contribution in [1.29, 1.82) is 0 Å². The predicted octanol–water partition coefficient (Wildman–Crippen LogP) is 0.910. The van der Waals surface area contributed by atoms with Gasteiger partial charge in [0.15, 0.2) is 0 Å². The zero-order chi connectivity index (χ0) is 13.8. The van der Waals surface area contributed by atoms with Gasteiger partial charge in [0.1, 0.15) is 6.04 Å². The van der Waals surface area contributed by atoms with Gasteiger partial charge in [-0.25, -0.2) is 0 Å². The number of nitrogens with zero attached hydrogens (tertiary/aromatic N) is 1. The summed E-state index contributed by atoms with van der Waals surface area (Å²) < 4.78 is 0. The lowest BCUT2D eigenvalue weighted by Crippen LogP contribution is -2.44. The van der Waals surface area contributed by atoms with E-state index in [-0.39, 0.29) is 30.3 Å². The first-order valence-corrected chi connectivity index (χ1v) is 7.39. The Hall–Kier alpha value is -0.810. The largest absolute Gasteiger partial charge is 0.368 e. The average molecular weight is 304 g/mol. The van der Waals surface area contributed by atoms with Crippen molar-refractivity contribution in [3.8, 4) is 0 Å². The minimum absolute atomic E-state index is 0. The zero-order valence-electron chi connectivity index (χ0n) is 12.1. The van der Waals surface area contributed by atoms with Crippen LogP contribution in [0.15, 0.2) is 0 Å². The van der Waals surface area contributed by atoms with Crippen LogP contribution in [-0.2, 0) is 9.59 Å². The summed E-state index contributed by atoms with van der Waals surface area (Å²) >= 11 is 0. The van der Waals surface area contributed by atoms with E-state index in [1.165, 1.54) is 12.8 Å². The molecule has 0 spiro atoms. The molecule has 3 N–H and O–H groups in total. The molecule has 3 atom stereocenters. The molecule has 3 unspecified atom stereocenters. The van der Waals surface area contributed by atoms with E-state index in [1.54, 1.807) is 4.90 Å². The van der Waals surface area contributed by atoms with Gasteiger partial charge in [-0.3, -0.25) is 9.59 Å². The molecule has 5 nitrogen and oxygen atoms in total. The van der Waals surface area contributed by atoms with Crippen LogP contribution in [0.1, 0.15) is 39.0 Å². The highest BCUT2D eigenvalue weighted by Gasteiger charge is 2.33. The van der Waals surface area contributed by atoms with Crippen LogP contribution in [0.4, 0.5) is 0 Å². The number of hydrogen-bond acceptors (Lipinski definition) is 3. The summed E-state index contributed by atoms with van der Waals surface area (Å²) in [5.41, 5.74) is 5.36. The van der Waals surface area contributed by atoms with Gasteiger partial charge in [-0.1, -0.05) is 6.92 Å². The van der Waals surface area contributed by atoms with Crippen LogP contribution >= 0.6 is 12.4 Å². The lowest BCUT2D eigenvalue weighted by atomic mass is 9.85. The van der Waals surface area contributed by atoms with Crippen LogP contribution in [0.25, 0.3) is 0 Å². The summed E-state index contributed by atoms with van der Waals surface area (Å²) in [5.74, 6) is 0.680. The Morgan fingerprint density at radius 2 is 2.10 bits per heavy atom. The van der Waals surface area contributed by atoms with Crippen molar-refractivity contribution < 1.29 is 9.59 Å². The molecule has 20 heavy (non-hydrogen) atoms. The number of carbonyl (C=O) groups excluding carboxylic acids is 2. The number of rotatable bonds is 4. The maximum Gasteiger partial charge on any atom is 0.240 e. The quantitative estimate of drug-likeness (QED) is 0.810. The normalized spacial score (nSPS) is 27.8. The molecule has 2 heterocycles. The minimum Gasteiger partial charge on any atom is -0.368 e. The molecule has 2 amide bonds. The molecular formula is C14H26ClN3O2. The van der Waals surface area contributed by atoms with E-state index in [2.05, 4.69) is 12.2 Å². The van der Waals surface area contributed by atoms with Gasteiger partial charge in [-0.05, 0) is 50.6 Å². The van der Waals surface area contributed by atoms with Crippen LogP contribution < -0.4 is 11.1 Å². The summed E-state index contributed by atoms with van der Waals surface area (Å²) in [6.45, 7) is 4.92. The molecule has 6 heteroatoms. The summed E-state index contributed by atoms with van der Waals surface area (Å²) in [5, 5.41) is 3.39. The number of piperidine rings is 1. The van der Waals surface area contributed by atoms with E-state index in [4.69, 9.17) is 5.73 Å². The highest BCUT2D eigenvalue weighted by Crippen LogP contribution is 2.25. The molecule has 2 rings (SSSR count). The van der Waals surface area contributed by atoms with Gasteiger partial charge in [0.2, 0.25) is 11.8 Å². The number of hydrogen-bond donors (Lipinski definition) is 2. The van der Waals surface area contributed by atoms with Gasteiger partial charge >= 0.3 is 0 Å². The maximum absolute atomic E-state index is 12.3. The lowest BCUT2D eigenvalue weighted by molar-refractivity contribution is -0.138. The Morgan fingerprint density at radius 3 is 2.70 bits per heavy atom. The standard InChI is InChI=1S/C14H25N3O2.ClH/c1-10(11-4-2-6-16-9-11)8-13(18)17-7-3-5-12(17)14(15)19;/h10-12,16H,2-9H2,1H3,(H2,15,19);1H. The van der Waals surface area contributed by atoms with Gasteiger partial charge < -0.3 is 16.0 Å². The Morgan fingerprint density at radius 1 is 1.35 bits per heavy atom. The van der Waals surface area contributed by atoms with Crippen molar-refractivity contribution in [2.75, 3.05) is 19.6 Å². The summed E-state index contributed by atoms with van der Waals surface area (Å²) in [6, 6.07) is -0.371. The van der Waals surface area contributed by atoms with E-state index in [0.717, 1.165) is 25.9 Å². The first-order valence-electron chi connectivity index (χ1n) is 7.39. The first-order chi connectivity index (χ1) is 9.09. The highest BCUT2D eigenvalue weighted by atomic mass is 35.5. The van der Waals surface area contributed by atoms with Crippen molar-refractivity contribution in [1.82, 2.24) is 10.2 Å². The van der Waals surface area contributed by atoms with Gasteiger partial charge in [0.25, 0.3) is 0 Å². The number of likely N-dealkylation sites (tertiary alicyclic amines) is 1. The molecule has 0 aromatic carbocycles. The fraction of sp³-hybridized carbons (Fsp3) is 0.857. The minimum atomic E-state index is -0.371. The molecule has 2 saturated heterocycles. The Kier molecular flexibility index (Phi) is 6.76. The SMILES string of the molecule is CC(CC(=O)N1CCCC1C(N)=O)C1CCCNC1.Cl. The average Bonchev–Trinajstić information content (AvgIpc) is 2.89. The molecule has 0 radical (unpaired) electrons. The second-order valence-corrected chi connectivity index (χ2v) is 5.94. The number of nitrogens with two attached hydrogens (primary N) is 1. The fourth-order valence-electron chi connectivity index (χ4n) is 3.28. The van der Waals surface area contributed by atoms with Crippen LogP contribution in [-0.4, -0.2) is 42.4 Å². The number of carbonyl (C=O) groups is 2. The molecule has 2 aliphatic rings. The van der Waals surface area contributed by atoms with E-state index in [1.807, 2.05) is 0 Å². The number of amides is 2. The molecule has 0 saturated carbocycles. The third kappa shape index (κ3) is 4.09. The van der Waals surface area contributed by atoms with Crippen molar-refractivity contribution in [3.05, 3.63) is 0 Å². The Balaban J connectivity index is 0.00000200. The zero-order valence-corrected chi connectivity index (χ0v) is 13.0. The topological polar surface area (TPSA) is 75.4 Å². The molecular weight excluding hydrogens is 278 g/mol. The third-order valence-corrected chi connectivity index (χ3v) is 4.54. The summed E-state index contributed by atoms with van der Waals surface area (Å²) in [4.78, 5) is 25.3. The van der Waals surface area contributed by atoms with E-state index in [0.29, 0.717) is 24.8 Å². The van der Waals surface area contributed by atoms with Crippen molar-refractivity contribution in [3.63, 3.8) is 0 Å². The summed E-state index contributed by atoms with van der Waals surface area (Å²) in [6.07, 6.45) is 4.53. The van der Waals surface area contributed by atoms with E-state index >= 15 is 0 Å². The molecule has 0 aliphatic carbocycles. The first kappa shape index (κ1) is 17.2. The number of nitrogens with one attached hydrogen (secondary N) is 1. The Labute approximate surface area is 127 Å². The molecule has 0 aromatic heterocycles. The highest BCUT2D eigenvalue weighted by molar-refractivity contribution is 5.87. The number of primary amides is 1. The second kappa shape index (κ2) is 7.84. The molecule has 0 bridgehead atoms. The molecule has 2 aliphatic heterocycles. The van der Waals surface area contributed by atoms with Crippen LogP contribution in [0, 0.1) is 11.8 Å². The summed E-state index contributed by atoms with van der Waals surface area (Å²) in [7, 11) is 0. The fourth-order valence-corrected chi connectivity index (χ4v) is 3.28. The van der Waals surface area contributed by atoms with Crippen LogP contribution in [0.5, 0.6) is 0 Å². The van der Waals surface area contributed by atoms with Gasteiger partial charge in [0, 0.05) is 13.0 Å². The molecule has 0 aromatic rings. The van der Waals surface area contributed by atoms with Crippen molar-refractivity contribution in [2.45, 2.75) is 45.1 Å². The maximum atomic E-state index is 12.3. The Bertz CT molecular complexity index is 345. The van der Waals surface area contributed by atoms with Gasteiger partial charge in [0.05, 0.1) is 0 Å². The molecule has 116 valence electrons. The van der Waals surface area contributed by atoms with Crippen LogP contribution in [0.3, 0.4) is 0 Å². The molecule has 2 fully saturated rings. The van der Waals surface area contributed by atoms with Crippen LogP contribution in [0.2, 0.25) is 0 Å². The van der Waals surface area contributed by atoms with E-state index in [9.17, 15) is 9.59 Å². The van der Waals surface area contributed by atoms with Crippen molar-refractivity contribution >= 4 is 24.2 Å². The predicted molar refractivity (Wildman–Crippen MR) is 80.6 cm³/mol. The third-order valence-electron chi connectivity index (χ3n) is 4.54.